The van der Waals surface area contributed by atoms with Crippen LogP contribution in [-0.4, -0.2) is 34.6 Å². The third-order valence-corrected chi connectivity index (χ3v) is 3.51. The first-order chi connectivity index (χ1) is 8.09. The maximum atomic E-state index is 12.2. The van der Waals surface area contributed by atoms with Gasteiger partial charge in [-0.15, -0.1) is 0 Å². The highest BCUT2D eigenvalue weighted by Crippen LogP contribution is 2.27. The van der Waals surface area contributed by atoms with Gasteiger partial charge in [-0.25, -0.2) is 0 Å². The molecule has 106 valence electrons. The average molecular weight is 255 g/mol. The summed E-state index contributed by atoms with van der Waals surface area (Å²) in [6.07, 6.45) is 3.37. The fraction of sp³-hybridized carbons (Fsp3) is 0.933. The quantitative estimate of drug-likeness (QED) is 0.842. The Balaban J connectivity index is 2.45. The topological polar surface area (TPSA) is 40.5 Å². The Morgan fingerprint density at radius 2 is 2.06 bits per heavy atom. The molecule has 0 bridgehead atoms. The third kappa shape index (κ3) is 5.38. The van der Waals surface area contributed by atoms with Crippen LogP contribution in [0.5, 0.6) is 0 Å². The minimum Gasteiger partial charge on any atom is -0.388 e. The molecular formula is C15H29NO2. The summed E-state index contributed by atoms with van der Waals surface area (Å²) >= 11 is 0. The van der Waals surface area contributed by atoms with E-state index in [1.165, 1.54) is 0 Å². The van der Waals surface area contributed by atoms with E-state index in [1.54, 1.807) is 0 Å². The first-order valence-electron chi connectivity index (χ1n) is 7.09. The monoisotopic (exact) mass is 255 g/mol. The Kier molecular flexibility index (Phi) is 4.82. The largest absolute Gasteiger partial charge is 0.388 e. The van der Waals surface area contributed by atoms with Gasteiger partial charge in [0, 0.05) is 19.5 Å². The number of piperidine rings is 1. The molecular weight excluding hydrogens is 226 g/mol. The number of likely N-dealkylation sites (tertiary alicyclic amines) is 1. The van der Waals surface area contributed by atoms with Crippen molar-refractivity contribution in [2.75, 3.05) is 13.1 Å². The van der Waals surface area contributed by atoms with Gasteiger partial charge in [-0.3, -0.25) is 4.79 Å². The van der Waals surface area contributed by atoms with Gasteiger partial charge in [0.1, 0.15) is 0 Å². The zero-order valence-electron chi connectivity index (χ0n) is 12.6. The molecule has 18 heavy (non-hydrogen) atoms. The van der Waals surface area contributed by atoms with Gasteiger partial charge in [-0.05, 0) is 37.5 Å². The molecule has 3 nitrogen and oxygen atoms in total. The Morgan fingerprint density at radius 3 is 2.56 bits per heavy atom. The molecule has 2 unspecified atom stereocenters. The van der Waals surface area contributed by atoms with Gasteiger partial charge < -0.3 is 10.0 Å². The summed E-state index contributed by atoms with van der Waals surface area (Å²) in [7, 11) is 0. The van der Waals surface area contributed by atoms with E-state index in [0.29, 0.717) is 18.9 Å². The van der Waals surface area contributed by atoms with Crippen molar-refractivity contribution in [3.05, 3.63) is 0 Å². The second kappa shape index (κ2) is 5.60. The number of amides is 1. The highest BCUT2D eigenvalue weighted by Gasteiger charge is 2.31. The van der Waals surface area contributed by atoms with E-state index < -0.39 is 5.60 Å². The molecule has 1 rings (SSSR count). The first kappa shape index (κ1) is 15.5. The van der Waals surface area contributed by atoms with Crippen LogP contribution in [-0.2, 0) is 4.79 Å². The van der Waals surface area contributed by atoms with E-state index in [9.17, 15) is 9.90 Å². The number of carbonyl (C=O) groups is 1. The summed E-state index contributed by atoms with van der Waals surface area (Å²) in [5, 5.41) is 10.0. The van der Waals surface area contributed by atoms with Crippen molar-refractivity contribution in [3.8, 4) is 0 Å². The summed E-state index contributed by atoms with van der Waals surface area (Å²) in [5.41, 5.74) is -0.422. The molecule has 1 N–H and O–H groups in total. The molecule has 0 aromatic rings. The van der Waals surface area contributed by atoms with Crippen LogP contribution in [0.25, 0.3) is 0 Å². The van der Waals surface area contributed by atoms with Gasteiger partial charge in [0.2, 0.25) is 5.91 Å². The Bertz CT molecular complexity index is 291. The highest BCUT2D eigenvalue weighted by atomic mass is 16.3. The van der Waals surface area contributed by atoms with Crippen molar-refractivity contribution in [2.24, 2.45) is 11.3 Å². The van der Waals surface area contributed by atoms with Gasteiger partial charge in [0.25, 0.3) is 0 Å². The van der Waals surface area contributed by atoms with Crippen LogP contribution < -0.4 is 0 Å². The van der Waals surface area contributed by atoms with Gasteiger partial charge in [0.15, 0.2) is 0 Å². The summed E-state index contributed by atoms with van der Waals surface area (Å²) in [6, 6.07) is 0. The molecule has 1 fully saturated rings. The molecule has 1 amide bonds. The molecule has 1 saturated heterocycles. The molecule has 0 radical (unpaired) electrons. The van der Waals surface area contributed by atoms with Crippen molar-refractivity contribution in [2.45, 2.75) is 65.9 Å². The normalized spacial score (nSPS) is 27.1. The van der Waals surface area contributed by atoms with E-state index in [0.717, 1.165) is 25.8 Å². The van der Waals surface area contributed by atoms with E-state index in [2.05, 4.69) is 27.7 Å². The summed E-state index contributed by atoms with van der Waals surface area (Å²) in [6.45, 7) is 11.9. The fourth-order valence-electron chi connectivity index (χ4n) is 2.98. The molecule has 1 heterocycles. The average Bonchev–Trinajstić information content (AvgIpc) is 2.12. The Labute approximate surface area is 112 Å². The number of hydrogen-bond donors (Lipinski definition) is 1. The number of aliphatic hydroxyl groups is 1. The first-order valence-corrected chi connectivity index (χ1v) is 7.09. The molecule has 0 spiro atoms. The minimum atomic E-state index is -0.693. The number of rotatable bonds is 3. The molecule has 0 aromatic carbocycles. The minimum absolute atomic E-state index is 0.201. The number of hydrogen-bond acceptors (Lipinski definition) is 2. The summed E-state index contributed by atoms with van der Waals surface area (Å²) in [5.74, 6) is 0.608. The molecule has 3 heteroatoms. The van der Waals surface area contributed by atoms with Gasteiger partial charge in [-0.2, -0.15) is 0 Å². The molecule has 1 aliphatic heterocycles. The van der Waals surface area contributed by atoms with Crippen molar-refractivity contribution < 1.29 is 9.90 Å². The van der Waals surface area contributed by atoms with E-state index in [-0.39, 0.29) is 11.3 Å². The molecule has 0 saturated carbocycles. The van der Waals surface area contributed by atoms with Crippen molar-refractivity contribution in [1.82, 2.24) is 4.90 Å². The number of carbonyl (C=O) groups excluding carboxylic acids is 1. The summed E-state index contributed by atoms with van der Waals surface area (Å²) in [4.78, 5) is 14.0. The zero-order chi connectivity index (χ0) is 14.0. The van der Waals surface area contributed by atoms with E-state index in [4.69, 9.17) is 0 Å². The van der Waals surface area contributed by atoms with E-state index >= 15 is 0 Å². The molecule has 0 aliphatic carbocycles. The van der Waals surface area contributed by atoms with Crippen molar-refractivity contribution in [3.63, 3.8) is 0 Å². The van der Waals surface area contributed by atoms with Crippen molar-refractivity contribution >= 4 is 5.91 Å². The van der Waals surface area contributed by atoms with Crippen LogP contribution >= 0.6 is 0 Å². The maximum Gasteiger partial charge on any atom is 0.222 e. The predicted octanol–water partition coefficient (Wildman–Crippen LogP) is 2.82. The van der Waals surface area contributed by atoms with Crippen molar-refractivity contribution in [1.29, 1.82) is 0 Å². The smallest absolute Gasteiger partial charge is 0.222 e. The van der Waals surface area contributed by atoms with Crippen LogP contribution in [0.1, 0.15) is 60.3 Å². The fourth-order valence-corrected chi connectivity index (χ4v) is 2.98. The molecule has 1 aliphatic rings. The lowest BCUT2D eigenvalue weighted by Crippen LogP contribution is -2.48. The Morgan fingerprint density at radius 1 is 1.44 bits per heavy atom. The highest BCUT2D eigenvalue weighted by molar-refractivity contribution is 5.76. The van der Waals surface area contributed by atoms with Crippen LogP contribution in [0.3, 0.4) is 0 Å². The van der Waals surface area contributed by atoms with Crippen LogP contribution in [0.15, 0.2) is 0 Å². The lowest BCUT2D eigenvalue weighted by Gasteiger charge is -2.37. The van der Waals surface area contributed by atoms with Gasteiger partial charge in [0.05, 0.1) is 5.60 Å². The second-order valence-electron chi connectivity index (χ2n) is 7.49. The van der Waals surface area contributed by atoms with Crippen LogP contribution in [0, 0.1) is 11.3 Å². The van der Waals surface area contributed by atoms with Crippen LogP contribution in [0.4, 0.5) is 0 Å². The Hall–Kier alpha value is -0.570. The lowest BCUT2D eigenvalue weighted by molar-refractivity contribution is -0.138. The molecule has 0 aromatic heterocycles. The standard InChI is InChI=1S/C15H29NO2/c1-12(10-14(2,3)4)9-13(17)16-8-6-7-15(5,18)11-16/h12,18H,6-11H2,1-5H3. The molecule has 2 atom stereocenters. The SMILES string of the molecule is CC(CC(=O)N1CCCC(C)(O)C1)CC(C)(C)C. The maximum absolute atomic E-state index is 12.2. The predicted molar refractivity (Wildman–Crippen MR) is 74.3 cm³/mol. The van der Waals surface area contributed by atoms with Crippen LogP contribution in [0.2, 0.25) is 0 Å². The zero-order valence-corrected chi connectivity index (χ0v) is 12.6. The number of β-amino-alcohol motifs (C(OH)–C–C–N with tert-alkyl or cyclic N) is 1. The van der Waals surface area contributed by atoms with Gasteiger partial charge in [-0.1, -0.05) is 27.7 Å². The third-order valence-electron chi connectivity index (χ3n) is 3.51. The lowest BCUT2D eigenvalue weighted by atomic mass is 9.84. The van der Waals surface area contributed by atoms with E-state index in [1.807, 2.05) is 11.8 Å². The summed E-state index contributed by atoms with van der Waals surface area (Å²) < 4.78 is 0. The number of nitrogens with zero attached hydrogens (tertiary/aromatic N) is 1. The second-order valence-corrected chi connectivity index (χ2v) is 7.49. The van der Waals surface area contributed by atoms with Gasteiger partial charge >= 0.3 is 0 Å².